The molecule has 2 fully saturated rings. The van der Waals surface area contributed by atoms with Gasteiger partial charge in [0.15, 0.2) is 0 Å². The number of anilines is 1. The molecule has 7 nitrogen and oxygen atoms in total. The number of benzene rings is 2. The van der Waals surface area contributed by atoms with Crippen molar-refractivity contribution in [3.05, 3.63) is 64.7 Å². The summed E-state index contributed by atoms with van der Waals surface area (Å²) in [5.41, 5.74) is 3.60. The van der Waals surface area contributed by atoms with Crippen LogP contribution in [0.2, 0.25) is 0 Å². The lowest BCUT2D eigenvalue weighted by Crippen LogP contribution is -2.38. The first kappa shape index (κ1) is 22.3. The molecule has 1 amide bonds. The number of nitrogens with zero attached hydrogens (tertiary/aromatic N) is 2. The van der Waals surface area contributed by atoms with E-state index >= 15 is 0 Å². The smallest absolute Gasteiger partial charge is 0.253 e. The molecule has 2 aliphatic rings. The molecule has 4 rings (SSSR count). The first-order valence-corrected chi connectivity index (χ1v) is 12.5. The van der Waals surface area contributed by atoms with Crippen LogP contribution in [0.3, 0.4) is 0 Å². The molecule has 32 heavy (non-hydrogen) atoms. The fourth-order valence-corrected chi connectivity index (χ4v) is 5.88. The van der Waals surface area contributed by atoms with Gasteiger partial charge in [0.2, 0.25) is 10.0 Å². The Morgan fingerprint density at radius 3 is 2.47 bits per heavy atom. The average molecular weight is 453 g/mol. The molecule has 0 spiro atoms. The molecule has 0 aliphatic carbocycles. The first-order chi connectivity index (χ1) is 15.4. The number of nitriles is 1. The summed E-state index contributed by atoms with van der Waals surface area (Å²) >= 11 is 0. The molecule has 1 unspecified atom stereocenters. The van der Waals surface area contributed by atoms with E-state index < -0.39 is 15.3 Å². The monoisotopic (exact) mass is 452 g/mol. The van der Waals surface area contributed by atoms with Crippen molar-refractivity contribution in [3.63, 3.8) is 0 Å². The van der Waals surface area contributed by atoms with Gasteiger partial charge in [0, 0.05) is 25.2 Å². The molecule has 0 bridgehead atoms. The van der Waals surface area contributed by atoms with Gasteiger partial charge in [-0.1, -0.05) is 18.2 Å². The molecule has 8 heteroatoms. The van der Waals surface area contributed by atoms with Crippen LogP contribution in [0.1, 0.15) is 52.2 Å². The normalized spacial score (nSPS) is 19.5. The van der Waals surface area contributed by atoms with E-state index in [0.29, 0.717) is 55.3 Å². The molecule has 0 radical (unpaired) electrons. The van der Waals surface area contributed by atoms with Gasteiger partial charge in [-0.2, -0.15) is 5.26 Å². The van der Waals surface area contributed by atoms with Crippen LogP contribution < -0.4 is 10.0 Å². The topological polar surface area (TPSA) is 102 Å². The summed E-state index contributed by atoms with van der Waals surface area (Å²) in [6.07, 6.45) is 2.30. The molecular formula is C24H28N4O3S. The first-order valence-electron chi connectivity index (χ1n) is 11.0. The lowest BCUT2D eigenvalue weighted by molar-refractivity contribution is 0.0713. The minimum atomic E-state index is -3.50. The third-order valence-corrected chi connectivity index (χ3v) is 8.27. The number of sulfonamides is 1. The number of aryl methyl sites for hydroxylation is 1. The van der Waals surface area contributed by atoms with Gasteiger partial charge < -0.3 is 10.2 Å². The van der Waals surface area contributed by atoms with Gasteiger partial charge in [-0.25, -0.2) is 8.42 Å². The van der Waals surface area contributed by atoms with Crippen molar-refractivity contribution in [1.82, 2.24) is 10.2 Å². The zero-order valence-electron chi connectivity index (χ0n) is 18.2. The standard InChI is InChI=1S/C24H28N4O3S/c1-17-2-5-21(14-23(17)27-32(30,31)22-8-11-26-16-22)24(29)28-12-9-20(10-13-28)19-6-3-18(15-25)4-7-19/h2-7,14,20,22,26-27H,8-13,16H2,1H3. The molecule has 0 aromatic heterocycles. The zero-order valence-corrected chi connectivity index (χ0v) is 19.0. The Hall–Kier alpha value is -2.89. The maximum Gasteiger partial charge on any atom is 0.253 e. The third kappa shape index (κ3) is 4.79. The van der Waals surface area contributed by atoms with Crippen molar-refractivity contribution < 1.29 is 13.2 Å². The maximum atomic E-state index is 13.1. The molecule has 2 aromatic carbocycles. The Morgan fingerprint density at radius 2 is 1.84 bits per heavy atom. The molecule has 168 valence electrons. The minimum Gasteiger partial charge on any atom is -0.339 e. The fourth-order valence-electron chi connectivity index (χ4n) is 4.42. The van der Waals surface area contributed by atoms with Gasteiger partial charge in [0.1, 0.15) is 0 Å². The van der Waals surface area contributed by atoms with E-state index in [1.807, 2.05) is 36.1 Å². The van der Waals surface area contributed by atoms with Gasteiger partial charge in [-0.05, 0) is 74.0 Å². The number of carbonyl (C=O) groups excluding carboxylic acids is 1. The highest BCUT2D eigenvalue weighted by atomic mass is 32.2. The van der Waals surface area contributed by atoms with Gasteiger partial charge in [-0.15, -0.1) is 0 Å². The van der Waals surface area contributed by atoms with Crippen molar-refractivity contribution >= 4 is 21.6 Å². The number of rotatable bonds is 5. The summed E-state index contributed by atoms with van der Waals surface area (Å²) in [6, 6.07) is 15.0. The summed E-state index contributed by atoms with van der Waals surface area (Å²) in [4.78, 5) is 15.0. The van der Waals surface area contributed by atoms with Crippen molar-refractivity contribution in [3.8, 4) is 6.07 Å². The van der Waals surface area contributed by atoms with Gasteiger partial charge >= 0.3 is 0 Å². The number of carbonyl (C=O) groups is 1. The quantitative estimate of drug-likeness (QED) is 0.726. The number of piperidine rings is 1. The van der Waals surface area contributed by atoms with Crippen LogP contribution in [0, 0.1) is 18.3 Å². The molecule has 2 aliphatic heterocycles. The SMILES string of the molecule is Cc1ccc(C(=O)N2CCC(c3ccc(C#N)cc3)CC2)cc1NS(=O)(=O)C1CCNC1. The van der Waals surface area contributed by atoms with Crippen molar-refractivity contribution in [2.45, 2.75) is 37.4 Å². The fraction of sp³-hybridized carbons (Fsp3) is 0.417. The van der Waals surface area contributed by atoms with E-state index in [1.165, 1.54) is 5.56 Å². The second-order valence-electron chi connectivity index (χ2n) is 8.59. The molecule has 1 atom stereocenters. The minimum absolute atomic E-state index is 0.0775. The Kier molecular flexibility index (Phi) is 6.49. The van der Waals surface area contributed by atoms with E-state index in [-0.39, 0.29) is 5.91 Å². The second kappa shape index (κ2) is 9.31. The number of amides is 1. The second-order valence-corrected chi connectivity index (χ2v) is 10.6. The molecule has 2 aromatic rings. The summed E-state index contributed by atoms with van der Waals surface area (Å²) in [5.74, 6) is 0.290. The van der Waals surface area contributed by atoms with Gasteiger partial charge in [0.05, 0.1) is 22.6 Å². The predicted molar refractivity (Wildman–Crippen MR) is 124 cm³/mol. The molecular weight excluding hydrogens is 424 g/mol. The lowest BCUT2D eigenvalue weighted by Gasteiger charge is -2.32. The van der Waals surface area contributed by atoms with E-state index in [9.17, 15) is 13.2 Å². The van der Waals surface area contributed by atoms with Crippen LogP contribution >= 0.6 is 0 Å². The lowest BCUT2D eigenvalue weighted by atomic mass is 9.89. The number of nitrogens with one attached hydrogen (secondary N) is 2. The van der Waals surface area contributed by atoms with Crippen LogP contribution in [-0.4, -0.2) is 50.7 Å². The van der Waals surface area contributed by atoms with Gasteiger partial charge in [0.25, 0.3) is 5.91 Å². The Morgan fingerprint density at radius 1 is 1.12 bits per heavy atom. The summed E-state index contributed by atoms with van der Waals surface area (Å²) in [5, 5.41) is 11.6. The summed E-state index contributed by atoms with van der Waals surface area (Å²) < 4.78 is 28.1. The van der Waals surface area contributed by atoms with Crippen LogP contribution in [0.4, 0.5) is 5.69 Å². The number of hydrogen-bond donors (Lipinski definition) is 2. The Labute approximate surface area is 189 Å². The van der Waals surface area contributed by atoms with Crippen LogP contribution in [0.25, 0.3) is 0 Å². The van der Waals surface area contributed by atoms with E-state index in [0.717, 1.165) is 18.4 Å². The summed E-state index contributed by atoms with van der Waals surface area (Å²) in [7, 11) is -3.50. The highest BCUT2D eigenvalue weighted by molar-refractivity contribution is 7.93. The molecule has 2 saturated heterocycles. The molecule has 0 saturated carbocycles. The van der Waals surface area contributed by atoms with Crippen molar-refractivity contribution in [2.75, 3.05) is 30.9 Å². The Balaban J connectivity index is 1.42. The van der Waals surface area contributed by atoms with Crippen molar-refractivity contribution in [1.29, 1.82) is 5.26 Å². The number of likely N-dealkylation sites (tertiary alicyclic amines) is 1. The highest BCUT2D eigenvalue weighted by Crippen LogP contribution is 2.29. The predicted octanol–water partition coefficient (Wildman–Crippen LogP) is 2.99. The van der Waals surface area contributed by atoms with E-state index in [1.54, 1.807) is 18.2 Å². The van der Waals surface area contributed by atoms with Crippen LogP contribution in [0.5, 0.6) is 0 Å². The Bertz CT molecular complexity index is 1120. The van der Waals surface area contributed by atoms with Gasteiger partial charge in [-0.3, -0.25) is 9.52 Å². The van der Waals surface area contributed by atoms with Crippen molar-refractivity contribution in [2.24, 2.45) is 0 Å². The summed E-state index contributed by atoms with van der Waals surface area (Å²) in [6.45, 7) is 4.27. The molecule has 2 N–H and O–H groups in total. The third-order valence-electron chi connectivity index (χ3n) is 6.48. The number of hydrogen-bond acceptors (Lipinski definition) is 5. The van der Waals surface area contributed by atoms with E-state index in [2.05, 4.69) is 16.1 Å². The van der Waals surface area contributed by atoms with E-state index in [4.69, 9.17) is 5.26 Å². The van der Waals surface area contributed by atoms with Crippen LogP contribution in [-0.2, 0) is 10.0 Å². The average Bonchev–Trinajstić information content (AvgIpc) is 3.36. The highest BCUT2D eigenvalue weighted by Gasteiger charge is 2.29. The maximum absolute atomic E-state index is 13.1. The zero-order chi connectivity index (χ0) is 22.7. The molecule has 2 heterocycles. The van der Waals surface area contributed by atoms with Crippen LogP contribution in [0.15, 0.2) is 42.5 Å². The largest absolute Gasteiger partial charge is 0.339 e.